The van der Waals surface area contributed by atoms with Gasteiger partial charge in [0.15, 0.2) is 0 Å². The molecule has 1 aliphatic heterocycles. The zero-order chi connectivity index (χ0) is 11.4. The smallest absolute Gasteiger partial charge is 0.0815 e. The van der Waals surface area contributed by atoms with Gasteiger partial charge in [0.25, 0.3) is 0 Å². The summed E-state index contributed by atoms with van der Waals surface area (Å²) in [6.07, 6.45) is 1.79. The largest absolute Gasteiger partial charge is 0.374 e. The van der Waals surface area contributed by atoms with E-state index in [9.17, 15) is 0 Å². The summed E-state index contributed by atoms with van der Waals surface area (Å²) < 4.78 is 11.5. The number of hydrogen-bond donors (Lipinski definition) is 0. The van der Waals surface area contributed by atoms with Gasteiger partial charge in [0, 0.05) is 0 Å². The van der Waals surface area contributed by atoms with Crippen molar-refractivity contribution in [1.29, 1.82) is 0 Å². The van der Waals surface area contributed by atoms with Gasteiger partial charge in [-0.2, -0.15) is 0 Å². The molecule has 2 heteroatoms. The van der Waals surface area contributed by atoms with E-state index in [0.717, 1.165) is 6.42 Å². The van der Waals surface area contributed by atoms with Gasteiger partial charge in [0.05, 0.1) is 25.4 Å². The average Bonchev–Trinajstić information content (AvgIpc) is 2.60. The van der Waals surface area contributed by atoms with Crippen LogP contribution in [0, 0.1) is 5.92 Å². The topological polar surface area (TPSA) is 18.5 Å². The maximum Gasteiger partial charge on any atom is 0.0815 e. The second-order valence-electron chi connectivity index (χ2n) is 4.68. The SMILES string of the molecule is CC1CC(COCc2ccccc2)OC1C. The summed E-state index contributed by atoms with van der Waals surface area (Å²) in [5.74, 6) is 0.658. The minimum Gasteiger partial charge on any atom is -0.374 e. The molecule has 1 aliphatic rings. The van der Waals surface area contributed by atoms with Crippen molar-refractivity contribution in [3.8, 4) is 0 Å². The summed E-state index contributed by atoms with van der Waals surface area (Å²) in [4.78, 5) is 0. The number of hydrogen-bond acceptors (Lipinski definition) is 2. The molecule has 1 heterocycles. The molecule has 1 aromatic rings. The second kappa shape index (κ2) is 5.46. The van der Waals surface area contributed by atoms with E-state index in [1.807, 2.05) is 18.2 Å². The molecule has 1 fully saturated rings. The second-order valence-corrected chi connectivity index (χ2v) is 4.68. The highest BCUT2D eigenvalue weighted by Crippen LogP contribution is 2.25. The third-order valence-electron chi connectivity index (χ3n) is 3.26. The van der Waals surface area contributed by atoms with E-state index < -0.39 is 0 Å². The number of ether oxygens (including phenoxy) is 2. The van der Waals surface area contributed by atoms with Crippen LogP contribution < -0.4 is 0 Å². The lowest BCUT2D eigenvalue weighted by molar-refractivity contribution is -0.0168. The van der Waals surface area contributed by atoms with E-state index in [-0.39, 0.29) is 6.10 Å². The third kappa shape index (κ3) is 3.06. The van der Waals surface area contributed by atoms with Crippen LogP contribution in [0.3, 0.4) is 0 Å². The Kier molecular flexibility index (Phi) is 3.97. The highest BCUT2D eigenvalue weighted by molar-refractivity contribution is 5.13. The van der Waals surface area contributed by atoms with Crippen molar-refractivity contribution >= 4 is 0 Å². The Balaban J connectivity index is 1.69. The molecular weight excluding hydrogens is 200 g/mol. The Bertz CT molecular complexity index is 300. The molecule has 0 aromatic heterocycles. The van der Waals surface area contributed by atoms with E-state index in [0.29, 0.717) is 25.2 Å². The lowest BCUT2D eigenvalue weighted by atomic mass is 10.0. The average molecular weight is 220 g/mol. The van der Waals surface area contributed by atoms with E-state index in [1.165, 1.54) is 5.56 Å². The Morgan fingerprint density at radius 1 is 1.25 bits per heavy atom. The molecule has 0 spiro atoms. The van der Waals surface area contributed by atoms with Crippen LogP contribution in [-0.4, -0.2) is 18.8 Å². The van der Waals surface area contributed by atoms with Crippen molar-refractivity contribution in [2.75, 3.05) is 6.61 Å². The minimum atomic E-state index is 0.286. The molecule has 0 N–H and O–H groups in total. The maximum absolute atomic E-state index is 5.79. The zero-order valence-electron chi connectivity index (χ0n) is 10.1. The fourth-order valence-corrected chi connectivity index (χ4v) is 2.09. The summed E-state index contributed by atoms with van der Waals surface area (Å²) in [5, 5.41) is 0. The Morgan fingerprint density at radius 2 is 2.00 bits per heavy atom. The molecule has 2 rings (SSSR count). The van der Waals surface area contributed by atoms with Crippen LogP contribution in [0.1, 0.15) is 25.8 Å². The molecule has 3 unspecified atom stereocenters. The molecule has 1 saturated heterocycles. The van der Waals surface area contributed by atoms with Gasteiger partial charge in [-0.3, -0.25) is 0 Å². The summed E-state index contributed by atoms with van der Waals surface area (Å²) in [7, 11) is 0. The van der Waals surface area contributed by atoms with Crippen LogP contribution in [0.15, 0.2) is 30.3 Å². The zero-order valence-corrected chi connectivity index (χ0v) is 10.1. The molecule has 0 saturated carbocycles. The van der Waals surface area contributed by atoms with Crippen LogP contribution in [-0.2, 0) is 16.1 Å². The first kappa shape index (κ1) is 11.6. The first-order valence-electron chi connectivity index (χ1n) is 6.03. The van der Waals surface area contributed by atoms with Gasteiger partial charge in [0.1, 0.15) is 0 Å². The molecule has 2 nitrogen and oxygen atoms in total. The van der Waals surface area contributed by atoms with Gasteiger partial charge in [0.2, 0.25) is 0 Å². The lowest BCUT2D eigenvalue weighted by Crippen LogP contribution is -2.15. The maximum atomic E-state index is 5.79. The van der Waals surface area contributed by atoms with Gasteiger partial charge in [-0.25, -0.2) is 0 Å². The molecule has 0 radical (unpaired) electrons. The number of benzene rings is 1. The predicted molar refractivity (Wildman–Crippen MR) is 64.2 cm³/mol. The van der Waals surface area contributed by atoms with Crippen molar-refractivity contribution in [1.82, 2.24) is 0 Å². The van der Waals surface area contributed by atoms with Gasteiger partial charge >= 0.3 is 0 Å². The van der Waals surface area contributed by atoms with Crippen LogP contribution in [0.25, 0.3) is 0 Å². The molecule has 1 aromatic carbocycles. The highest BCUT2D eigenvalue weighted by Gasteiger charge is 2.28. The van der Waals surface area contributed by atoms with Crippen LogP contribution in [0.5, 0.6) is 0 Å². The van der Waals surface area contributed by atoms with Crippen LogP contribution in [0.4, 0.5) is 0 Å². The van der Waals surface area contributed by atoms with Gasteiger partial charge < -0.3 is 9.47 Å². The first-order valence-corrected chi connectivity index (χ1v) is 6.03. The van der Waals surface area contributed by atoms with Gasteiger partial charge in [-0.15, -0.1) is 0 Å². The summed E-state index contributed by atoms with van der Waals surface area (Å²) in [5.41, 5.74) is 1.22. The predicted octanol–water partition coefficient (Wildman–Crippen LogP) is 3.02. The monoisotopic (exact) mass is 220 g/mol. The minimum absolute atomic E-state index is 0.286. The molecule has 0 amide bonds. The Hall–Kier alpha value is -0.860. The van der Waals surface area contributed by atoms with Crippen molar-refractivity contribution in [2.45, 2.75) is 39.1 Å². The normalized spacial score (nSPS) is 29.5. The fraction of sp³-hybridized carbons (Fsp3) is 0.571. The molecule has 0 bridgehead atoms. The van der Waals surface area contributed by atoms with E-state index in [4.69, 9.17) is 9.47 Å². The van der Waals surface area contributed by atoms with E-state index >= 15 is 0 Å². The molecular formula is C14H20O2. The fourth-order valence-electron chi connectivity index (χ4n) is 2.09. The van der Waals surface area contributed by atoms with Crippen molar-refractivity contribution in [2.24, 2.45) is 5.92 Å². The molecule has 0 aliphatic carbocycles. The van der Waals surface area contributed by atoms with Crippen molar-refractivity contribution < 1.29 is 9.47 Å². The summed E-state index contributed by atoms with van der Waals surface area (Å²) in [6, 6.07) is 10.3. The third-order valence-corrected chi connectivity index (χ3v) is 3.26. The van der Waals surface area contributed by atoms with E-state index in [1.54, 1.807) is 0 Å². The van der Waals surface area contributed by atoms with Crippen molar-refractivity contribution in [3.05, 3.63) is 35.9 Å². The first-order chi connectivity index (χ1) is 7.75. The Morgan fingerprint density at radius 3 is 2.62 bits per heavy atom. The van der Waals surface area contributed by atoms with Crippen LogP contribution in [0.2, 0.25) is 0 Å². The Labute approximate surface area is 97.6 Å². The molecule has 88 valence electrons. The molecule has 16 heavy (non-hydrogen) atoms. The quantitative estimate of drug-likeness (QED) is 0.776. The van der Waals surface area contributed by atoms with E-state index in [2.05, 4.69) is 26.0 Å². The highest BCUT2D eigenvalue weighted by atomic mass is 16.5. The van der Waals surface area contributed by atoms with Gasteiger partial charge in [-0.1, -0.05) is 37.3 Å². The van der Waals surface area contributed by atoms with Gasteiger partial charge in [-0.05, 0) is 24.8 Å². The summed E-state index contributed by atoms with van der Waals surface area (Å²) >= 11 is 0. The van der Waals surface area contributed by atoms with Crippen LogP contribution >= 0.6 is 0 Å². The number of rotatable bonds is 4. The lowest BCUT2D eigenvalue weighted by Gasteiger charge is -2.11. The standard InChI is InChI=1S/C14H20O2/c1-11-8-14(16-12(11)2)10-15-9-13-6-4-3-5-7-13/h3-7,11-12,14H,8-10H2,1-2H3. The van der Waals surface area contributed by atoms with Crippen molar-refractivity contribution in [3.63, 3.8) is 0 Å². The molecule has 3 atom stereocenters. The summed E-state index contributed by atoms with van der Waals surface area (Å²) in [6.45, 7) is 5.77.